The molecule has 0 radical (unpaired) electrons. The van der Waals surface area contributed by atoms with E-state index in [1.54, 1.807) is 31.3 Å². The lowest BCUT2D eigenvalue weighted by Crippen LogP contribution is -2.08. The van der Waals surface area contributed by atoms with Crippen molar-refractivity contribution in [2.75, 3.05) is 0 Å². The van der Waals surface area contributed by atoms with Crippen LogP contribution in [-0.4, -0.2) is 20.7 Å². The van der Waals surface area contributed by atoms with Crippen molar-refractivity contribution < 1.29 is 13.9 Å². The van der Waals surface area contributed by atoms with Crippen LogP contribution in [-0.2, 0) is 6.42 Å². The molecule has 0 saturated heterocycles. The number of ketones is 1. The van der Waals surface area contributed by atoms with Crippen LogP contribution in [0.4, 0.5) is 4.39 Å². The molecule has 3 rings (SSSR count). The van der Waals surface area contributed by atoms with Gasteiger partial charge in [0.2, 0.25) is 0 Å². The minimum absolute atomic E-state index is 0.151. The Kier molecular flexibility index (Phi) is 4.56. The lowest BCUT2D eigenvalue weighted by molar-refractivity contribution is 0.0986. The zero-order valence-corrected chi connectivity index (χ0v) is 12.9. The van der Waals surface area contributed by atoms with Gasteiger partial charge < -0.3 is 4.74 Å². The summed E-state index contributed by atoms with van der Waals surface area (Å²) in [5.41, 5.74) is 1.57. The summed E-state index contributed by atoms with van der Waals surface area (Å²) in [4.78, 5) is 24.5. The maximum atomic E-state index is 13.2. The summed E-state index contributed by atoms with van der Waals surface area (Å²) in [6, 6.07) is 9.82. The second-order valence-corrected chi connectivity index (χ2v) is 5.19. The van der Waals surface area contributed by atoms with E-state index in [2.05, 4.69) is 15.0 Å². The maximum absolute atomic E-state index is 13.2. The summed E-state index contributed by atoms with van der Waals surface area (Å²) in [5, 5.41) is 0. The smallest absolute Gasteiger partial charge is 0.187 e. The van der Waals surface area contributed by atoms with Gasteiger partial charge >= 0.3 is 0 Å². The zero-order valence-electron chi connectivity index (χ0n) is 12.9. The number of hydrogen-bond acceptors (Lipinski definition) is 5. The van der Waals surface area contributed by atoms with Crippen molar-refractivity contribution in [3.8, 4) is 11.5 Å². The molecule has 3 aromatic heterocycles. The fraction of sp³-hybridized carbons (Fsp3) is 0.111. The molecule has 3 aromatic rings. The van der Waals surface area contributed by atoms with E-state index in [-0.39, 0.29) is 23.6 Å². The van der Waals surface area contributed by atoms with Gasteiger partial charge in [0, 0.05) is 35.8 Å². The van der Waals surface area contributed by atoms with Crippen LogP contribution in [0.1, 0.15) is 21.9 Å². The molecule has 6 heteroatoms. The van der Waals surface area contributed by atoms with Crippen molar-refractivity contribution in [1.82, 2.24) is 15.0 Å². The minimum atomic E-state index is -0.496. The van der Waals surface area contributed by atoms with E-state index in [9.17, 15) is 9.18 Å². The molecule has 0 amide bonds. The van der Waals surface area contributed by atoms with Crippen LogP contribution in [0.5, 0.6) is 11.5 Å². The molecule has 0 aliphatic carbocycles. The predicted octanol–water partition coefficient (Wildman–Crippen LogP) is 3.54. The molecule has 0 aliphatic rings. The number of carbonyl (C=O) groups excluding carboxylic acids is 1. The fourth-order valence-corrected chi connectivity index (χ4v) is 2.18. The molecule has 24 heavy (non-hydrogen) atoms. The molecule has 0 N–H and O–H groups in total. The van der Waals surface area contributed by atoms with Gasteiger partial charge in [0.15, 0.2) is 5.78 Å². The van der Waals surface area contributed by atoms with E-state index >= 15 is 0 Å². The van der Waals surface area contributed by atoms with E-state index in [0.717, 1.165) is 6.20 Å². The second kappa shape index (κ2) is 6.95. The number of pyridine rings is 3. The van der Waals surface area contributed by atoms with Gasteiger partial charge in [-0.05, 0) is 19.1 Å². The first-order valence-corrected chi connectivity index (χ1v) is 7.30. The maximum Gasteiger partial charge on any atom is 0.187 e. The number of Topliss-reactive ketones (excluding diaryl/α,β-unsaturated/α-hetero) is 1. The first-order valence-electron chi connectivity index (χ1n) is 7.30. The Bertz CT molecular complexity index is 869. The van der Waals surface area contributed by atoms with Crippen LogP contribution >= 0.6 is 0 Å². The number of carbonyl (C=O) groups is 1. The summed E-state index contributed by atoms with van der Waals surface area (Å²) in [6.45, 7) is 1.76. The van der Waals surface area contributed by atoms with Crippen LogP contribution in [0.25, 0.3) is 0 Å². The lowest BCUT2D eigenvalue weighted by Gasteiger charge is -2.08. The Hall–Kier alpha value is -3.15. The van der Waals surface area contributed by atoms with Crippen LogP contribution in [0, 0.1) is 12.7 Å². The number of aromatic nitrogens is 3. The molecule has 120 valence electrons. The van der Waals surface area contributed by atoms with Gasteiger partial charge in [-0.1, -0.05) is 6.07 Å². The van der Waals surface area contributed by atoms with Crippen molar-refractivity contribution in [2.24, 2.45) is 0 Å². The van der Waals surface area contributed by atoms with E-state index in [1.165, 1.54) is 18.3 Å². The number of rotatable bonds is 5. The Morgan fingerprint density at radius 1 is 1.17 bits per heavy atom. The lowest BCUT2D eigenvalue weighted by atomic mass is 10.1. The first-order chi connectivity index (χ1) is 11.6. The number of ether oxygens (including phenoxy) is 1. The van der Waals surface area contributed by atoms with E-state index in [4.69, 9.17) is 4.74 Å². The van der Waals surface area contributed by atoms with E-state index in [0.29, 0.717) is 17.1 Å². The molecule has 0 aromatic carbocycles. The molecule has 0 fully saturated rings. The summed E-state index contributed by atoms with van der Waals surface area (Å²) in [5.74, 6) is -0.00709. The molecule has 3 heterocycles. The van der Waals surface area contributed by atoms with Crippen LogP contribution in [0.2, 0.25) is 0 Å². The SMILES string of the molecule is Cc1cc(Oc2cncc(F)c2)cc(C(=O)Cc2ccccn2)n1. The molecule has 0 bridgehead atoms. The van der Waals surface area contributed by atoms with Crippen molar-refractivity contribution in [3.05, 3.63) is 77.9 Å². The minimum Gasteiger partial charge on any atom is -0.455 e. The van der Waals surface area contributed by atoms with Gasteiger partial charge in [0.05, 0.1) is 18.8 Å². The van der Waals surface area contributed by atoms with Gasteiger partial charge in [0.25, 0.3) is 0 Å². The van der Waals surface area contributed by atoms with Crippen molar-refractivity contribution in [2.45, 2.75) is 13.3 Å². The molecule has 0 saturated carbocycles. The summed E-state index contributed by atoms with van der Waals surface area (Å²) >= 11 is 0. The van der Waals surface area contributed by atoms with Crippen molar-refractivity contribution >= 4 is 5.78 Å². The number of nitrogens with zero attached hydrogens (tertiary/aromatic N) is 3. The molecule has 0 atom stereocenters. The fourth-order valence-electron chi connectivity index (χ4n) is 2.18. The second-order valence-electron chi connectivity index (χ2n) is 5.19. The largest absolute Gasteiger partial charge is 0.455 e. The van der Waals surface area contributed by atoms with Gasteiger partial charge in [-0.2, -0.15) is 0 Å². The number of aryl methyl sites for hydroxylation is 1. The monoisotopic (exact) mass is 323 g/mol. The van der Waals surface area contributed by atoms with Crippen LogP contribution in [0.15, 0.2) is 55.0 Å². The van der Waals surface area contributed by atoms with Crippen LogP contribution in [0.3, 0.4) is 0 Å². The highest BCUT2D eigenvalue weighted by molar-refractivity contribution is 5.95. The average molecular weight is 323 g/mol. The summed E-state index contributed by atoms with van der Waals surface area (Å²) < 4.78 is 18.8. The highest BCUT2D eigenvalue weighted by atomic mass is 19.1. The third-order valence-corrected chi connectivity index (χ3v) is 3.20. The van der Waals surface area contributed by atoms with Crippen molar-refractivity contribution in [1.29, 1.82) is 0 Å². The number of hydrogen-bond donors (Lipinski definition) is 0. The molecular formula is C18H14FN3O2. The summed E-state index contributed by atoms with van der Waals surface area (Å²) in [7, 11) is 0. The standard InChI is InChI=1S/C18H14FN3O2/c1-12-6-15(24-16-7-13(19)10-20-11-16)9-17(22-12)18(23)8-14-4-2-3-5-21-14/h2-7,9-11H,8H2,1H3. The quantitative estimate of drug-likeness (QED) is 0.672. The highest BCUT2D eigenvalue weighted by Gasteiger charge is 2.12. The highest BCUT2D eigenvalue weighted by Crippen LogP contribution is 2.23. The Balaban J connectivity index is 1.82. The van der Waals surface area contributed by atoms with Gasteiger partial charge in [-0.15, -0.1) is 0 Å². The van der Waals surface area contributed by atoms with E-state index < -0.39 is 5.82 Å². The van der Waals surface area contributed by atoms with Gasteiger partial charge in [-0.25, -0.2) is 9.37 Å². The zero-order chi connectivity index (χ0) is 16.9. The van der Waals surface area contributed by atoms with E-state index in [1.807, 2.05) is 6.07 Å². The summed E-state index contributed by atoms with van der Waals surface area (Å²) in [6.07, 6.45) is 4.27. The number of halogens is 1. The first kappa shape index (κ1) is 15.7. The predicted molar refractivity (Wildman–Crippen MR) is 85.5 cm³/mol. The average Bonchev–Trinajstić information content (AvgIpc) is 2.55. The van der Waals surface area contributed by atoms with Crippen LogP contribution < -0.4 is 4.74 Å². The molecule has 0 spiro atoms. The van der Waals surface area contributed by atoms with Crippen molar-refractivity contribution in [3.63, 3.8) is 0 Å². The molecule has 5 nitrogen and oxygen atoms in total. The van der Waals surface area contributed by atoms with Gasteiger partial charge in [0.1, 0.15) is 23.0 Å². The van der Waals surface area contributed by atoms with Gasteiger partial charge in [-0.3, -0.25) is 14.8 Å². The Morgan fingerprint density at radius 2 is 2.04 bits per heavy atom. The third-order valence-electron chi connectivity index (χ3n) is 3.20. The molecule has 0 unspecified atom stereocenters. The molecule has 0 aliphatic heterocycles. The normalized spacial score (nSPS) is 10.4. The topological polar surface area (TPSA) is 65.0 Å². The molecular weight excluding hydrogens is 309 g/mol. The third kappa shape index (κ3) is 3.98. The Morgan fingerprint density at radius 3 is 2.79 bits per heavy atom. The Labute approximate surface area is 138 Å².